The summed E-state index contributed by atoms with van der Waals surface area (Å²) in [5.41, 5.74) is 4.20. The standard InChI is InChI=1S/C22H24N4O2/c27-20(24-17-9-3-7-15-6-1-2-8-16(15)17)14-26-18-10-4-12-23-21(18)25-13-5-11-19(25)22(26)28/h3-4,7,9-10,12,19H,1-2,5-6,8,11,13-14H2,(H,24,27)/t19-/m1/s1. The highest BCUT2D eigenvalue weighted by Crippen LogP contribution is 2.38. The first-order chi connectivity index (χ1) is 13.7. The van der Waals surface area contributed by atoms with Crippen molar-refractivity contribution in [3.05, 3.63) is 47.7 Å². The minimum Gasteiger partial charge on any atom is -0.343 e. The molecule has 1 aromatic heterocycles. The molecule has 5 rings (SSSR count). The van der Waals surface area contributed by atoms with Gasteiger partial charge in [-0.1, -0.05) is 12.1 Å². The third kappa shape index (κ3) is 2.84. The number of benzene rings is 1. The van der Waals surface area contributed by atoms with Crippen LogP contribution in [0.3, 0.4) is 0 Å². The van der Waals surface area contributed by atoms with Crippen molar-refractivity contribution >= 4 is 29.0 Å². The van der Waals surface area contributed by atoms with Crippen LogP contribution in [0.1, 0.15) is 36.8 Å². The highest BCUT2D eigenvalue weighted by Gasteiger charge is 2.42. The summed E-state index contributed by atoms with van der Waals surface area (Å²) < 4.78 is 0. The molecule has 3 heterocycles. The largest absolute Gasteiger partial charge is 0.343 e. The Kier molecular flexibility index (Phi) is 4.26. The van der Waals surface area contributed by atoms with Crippen LogP contribution in [0.15, 0.2) is 36.5 Å². The third-order valence-corrected chi connectivity index (χ3v) is 6.10. The molecule has 28 heavy (non-hydrogen) atoms. The number of rotatable bonds is 3. The fourth-order valence-electron chi connectivity index (χ4n) is 4.79. The van der Waals surface area contributed by atoms with Crippen LogP contribution < -0.4 is 15.1 Å². The van der Waals surface area contributed by atoms with Crippen LogP contribution in [-0.4, -0.2) is 35.9 Å². The molecule has 1 N–H and O–H groups in total. The molecule has 6 nitrogen and oxygen atoms in total. The number of aryl methyl sites for hydroxylation is 1. The highest BCUT2D eigenvalue weighted by atomic mass is 16.2. The quantitative estimate of drug-likeness (QED) is 0.895. The van der Waals surface area contributed by atoms with Gasteiger partial charge in [0.1, 0.15) is 12.6 Å². The maximum atomic E-state index is 13.1. The Morgan fingerprint density at radius 2 is 2.04 bits per heavy atom. The van der Waals surface area contributed by atoms with Gasteiger partial charge in [0.2, 0.25) is 11.8 Å². The molecule has 3 aliphatic rings. The summed E-state index contributed by atoms with van der Waals surface area (Å²) in [4.78, 5) is 34.1. The van der Waals surface area contributed by atoms with Gasteiger partial charge < -0.3 is 10.2 Å². The second-order valence-electron chi connectivity index (χ2n) is 7.82. The summed E-state index contributed by atoms with van der Waals surface area (Å²) in [6.45, 7) is 0.863. The zero-order valence-corrected chi connectivity index (χ0v) is 15.9. The van der Waals surface area contributed by atoms with Crippen molar-refractivity contribution in [2.45, 2.75) is 44.6 Å². The lowest BCUT2D eigenvalue weighted by molar-refractivity contribution is -0.122. The van der Waals surface area contributed by atoms with Crippen molar-refractivity contribution in [3.8, 4) is 0 Å². The number of anilines is 3. The average Bonchev–Trinajstić information content (AvgIpc) is 3.22. The number of carbonyl (C=O) groups is 2. The maximum Gasteiger partial charge on any atom is 0.250 e. The minimum atomic E-state index is -0.195. The number of fused-ring (bicyclic) bond motifs is 4. The van der Waals surface area contributed by atoms with Crippen molar-refractivity contribution in [2.24, 2.45) is 0 Å². The van der Waals surface area contributed by atoms with Gasteiger partial charge in [-0.3, -0.25) is 14.5 Å². The lowest BCUT2D eigenvalue weighted by Gasteiger charge is -2.38. The molecule has 0 bridgehead atoms. The van der Waals surface area contributed by atoms with Crippen LogP contribution in [0.4, 0.5) is 17.2 Å². The van der Waals surface area contributed by atoms with Crippen molar-refractivity contribution < 1.29 is 9.59 Å². The van der Waals surface area contributed by atoms with E-state index >= 15 is 0 Å². The molecular weight excluding hydrogens is 352 g/mol. The molecule has 2 aliphatic heterocycles. The molecule has 1 saturated heterocycles. The predicted octanol–water partition coefficient (Wildman–Crippen LogP) is 2.91. The van der Waals surface area contributed by atoms with Crippen molar-refractivity contribution in [3.63, 3.8) is 0 Å². The molecule has 0 saturated carbocycles. The van der Waals surface area contributed by atoms with E-state index in [-0.39, 0.29) is 24.4 Å². The monoisotopic (exact) mass is 376 g/mol. The maximum absolute atomic E-state index is 13.1. The molecule has 0 spiro atoms. The van der Waals surface area contributed by atoms with E-state index in [1.54, 1.807) is 11.1 Å². The van der Waals surface area contributed by atoms with Crippen LogP contribution in [0.5, 0.6) is 0 Å². The highest BCUT2D eigenvalue weighted by molar-refractivity contribution is 6.09. The van der Waals surface area contributed by atoms with Crippen LogP contribution in [-0.2, 0) is 22.4 Å². The van der Waals surface area contributed by atoms with Gasteiger partial charge in [0.25, 0.3) is 0 Å². The number of pyridine rings is 1. The summed E-state index contributed by atoms with van der Waals surface area (Å²) in [6, 6.07) is 9.62. The van der Waals surface area contributed by atoms with E-state index in [9.17, 15) is 9.59 Å². The van der Waals surface area contributed by atoms with Crippen LogP contribution in [0, 0.1) is 0 Å². The Balaban J connectivity index is 1.39. The number of aromatic nitrogens is 1. The van der Waals surface area contributed by atoms with Gasteiger partial charge in [-0.05, 0) is 67.9 Å². The fourth-order valence-corrected chi connectivity index (χ4v) is 4.79. The minimum absolute atomic E-state index is 0.00300. The van der Waals surface area contributed by atoms with E-state index in [1.165, 1.54) is 17.5 Å². The van der Waals surface area contributed by atoms with Gasteiger partial charge in [-0.15, -0.1) is 0 Å². The second kappa shape index (κ2) is 6.93. The number of hydrogen-bond acceptors (Lipinski definition) is 4. The Bertz CT molecular complexity index is 942. The summed E-state index contributed by atoms with van der Waals surface area (Å²) >= 11 is 0. The first-order valence-corrected chi connectivity index (χ1v) is 10.2. The van der Waals surface area contributed by atoms with E-state index in [0.717, 1.165) is 55.8 Å². The van der Waals surface area contributed by atoms with Crippen molar-refractivity contribution in [2.75, 3.05) is 28.2 Å². The molecule has 6 heteroatoms. The summed E-state index contributed by atoms with van der Waals surface area (Å²) in [6.07, 6.45) is 7.97. The summed E-state index contributed by atoms with van der Waals surface area (Å²) in [5, 5.41) is 3.06. The SMILES string of the molecule is O=C(CN1C(=O)[C@H]2CCCN2c2ncccc21)Nc1cccc2c1CCCC2. The normalized spacial score (nSPS) is 20.4. The van der Waals surface area contributed by atoms with Crippen LogP contribution >= 0.6 is 0 Å². The first kappa shape index (κ1) is 17.2. The van der Waals surface area contributed by atoms with E-state index in [1.807, 2.05) is 24.3 Å². The number of nitrogens with one attached hydrogen (secondary N) is 1. The molecule has 0 unspecified atom stereocenters. The Labute approximate surface area is 164 Å². The predicted molar refractivity (Wildman–Crippen MR) is 109 cm³/mol. The molecule has 1 atom stereocenters. The van der Waals surface area contributed by atoms with E-state index in [4.69, 9.17) is 0 Å². The topological polar surface area (TPSA) is 65.5 Å². The van der Waals surface area contributed by atoms with Crippen molar-refractivity contribution in [1.82, 2.24) is 4.98 Å². The van der Waals surface area contributed by atoms with Crippen LogP contribution in [0.25, 0.3) is 0 Å². The van der Waals surface area contributed by atoms with Gasteiger partial charge in [-0.25, -0.2) is 4.98 Å². The van der Waals surface area contributed by atoms with E-state index < -0.39 is 0 Å². The Morgan fingerprint density at radius 1 is 1.14 bits per heavy atom. The lowest BCUT2D eigenvalue weighted by atomic mass is 9.90. The molecule has 2 aromatic rings. The van der Waals surface area contributed by atoms with E-state index in [0.29, 0.717) is 0 Å². The van der Waals surface area contributed by atoms with Gasteiger partial charge in [0.05, 0.1) is 5.69 Å². The molecule has 1 fully saturated rings. The molecule has 144 valence electrons. The number of carbonyl (C=O) groups excluding carboxylic acids is 2. The number of hydrogen-bond donors (Lipinski definition) is 1. The molecule has 2 amide bonds. The smallest absolute Gasteiger partial charge is 0.250 e. The average molecular weight is 376 g/mol. The molecule has 1 aromatic carbocycles. The Morgan fingerprint density at radius 3 is 2.96 bits per heavy atom. The number of amides is 2. The Hall–Kier alpha value is -2.89. The van der Waals surface area contributed by atoms with Crippen molar-refractivity contribution in [1.29, 1.82) is 0 Å². The van der Waals surface area contributed by atoms with Crippen LogP contribution in [0.2, 0.25) is 0 Å². The van der Waals surface area contributed by atoms with E-state index in [2.05, 4.69) is 21.3 Å². The summed E-state index contributed by atoms with van der Waals surface area (Å²) in [5.74, 6) is 0.659. The molecule has 1 aliphatic carbocycles. The number of nitrogens with zero attached hydrogens (tertiary/aromatic N) is 3. The zero-order valence-electron chi connectivity index (χ0n) is 15.9. The zero-order chi connectivity index (χ0) is 19.1. The fraction of sp³-hybridized carbons (Fsp3) is 0.409. The first-order valence-electron chi connectivity index (χ1n) is 10.2. The third-order valence-electron chi connectivity index (χ3n) is 6.10. The lowest BCUT2D eigenvalue weighted by Crippen LogP contribution is -2.53. The van der Waals surface area contributed by atoms with Gasteiger partial charge in [0.15, 0.2) is 5.82 Å². The summed E-state index contributed by atoms with van der Waals surface area (Å²) in [7, 11) is 0. The second-order valence-corrected chi connectivity index (χ2v) is 7.82. The van der Waals surface area contributed by atoms with Gasteiger partial charge >= 0.3 is 0 Å². The molecular formula is C22H24N4O2. The molecule has 0 radical (unpaired) electrons. The van der Waals surface area contributed by atoms with Gasteiger partial charge in [-0.2, -0.15) is 0 Å². The van der Waals surface area contributed by atoms with Gasteiger partial charge in [0, 0.05) is 18.4 Å².